The number of anilines is 2. The predicted molar refractivity (Wildman–Crippen MR) is 131 cm³/mol. The van der Waals surface area contributed by atoms with Gasteiger partial charge in [-0.3, -0.25) is 9.69 Å². The van der Waals surface area contributed by atoms with Crippen molar-refractivity contribution >= 4 is 23.3 Å². The zero-order valence-corrected chi connectivity index (χ0v) is 19.4. The third-order valence-electron chi connectivity index (χ3n) is 5.84. The molecule has 0 radical (unpaired) electrons. The summed E-state index contributed by atoms with van der Waals surface area (Å²) in [4.78, 5) is 29.6. The number of nitrogens with zero attached hydrogens (tertiary/aromatic N) is 2. The molecule has 176 valence electrons. The summed E-state index contributed by atoms with van der Waals surface area (Å²) in [5, 5.41) is 2.99. The van der Waals surface area contributed by atoms with E-state index in [1.54, 1.807) is 29.0 Å². The lowest BCUT2D eigenvalue weighted by Crippen LogP contribution is -2.49. The van der Waals surface area contributed by atoms with Crippen LogP contribution in [0.1, 0.15) is 23.1 Å². The van der Waals surface area contributed by atoms with E-state index in [0.717, 1.165) is 28.9 Å². The minimum atomic E-state index is -0.301. The number of benzene rings is 3. The van der Waals surface area contributed by atoms with Gasteiger partial charge in [-0.2, -0.15) is 0 Å². The molecule has 1 heterocycles. The van der Waals surface area contributed by atoms with Crippen LogP contribution in [0.4, 0.5) is 20.6 Å². The maximum atomic E-state index is 13.3. The number of nitrogens with one attached hydrogen (secondary N) is 1. The number of halogens is 1. The highest BCUT2D eigenvalue weighted by atomic mass is 19.1. The van der Waals surface area contributed by atoms with Crippen molar-refractivity contribution in [2.75, 3.05) is 30.4 Å². The monoisotopic (exact) mass is 461 g/mol. The van der Waals surface area contributed by atoms with Gasteiger partial charge in [0.1, 0.15) is 11.6 Å². The molecular weight excluding hydrogens is 433 g/mol. The van der Waals surface area contributed by atoms with E-state index >= 15 is 0 Å². The van der Waals surface area contributed by atoms with Crippen LogP contribution in [-0.2, 0) is 17.8 Å². The van der Waals surface area contributed by atoms with E-state index in [-0.39, 0.29) is 24.2 Å². The lowest BCUT2D eigenvalue weighted by atomic mass is 10.1. The molecule has 3 amide bonds. The largest absolute Gasteiger partial charge is 0.497 e. The topological polar surface area (TPSA) is 61.9 Å². The number of rotatable bonds is 7. The van der Waals surface area contributed by atoms with Gasteiger partial charge in [0.2, 0.25) is 5.91 Å². The highest BCUT2D eigenvalue weighted by molar-refractivity contribution is 6.01. The Morgan fingerprint density at radius 2 is 1.71 bits per heavy atom. The summed E-state index contributed by atoms with van der Waals surface area (Å²) in [5.74, 6) is 0.272. The lowest BCUT2D eigenvalue weighted by molar-refractivity contribution is -0.115. The number of aryl methyl sites for hydroxylation is 1. The number of ether oxygens (including phenoxy) is 1. The molecule has 0 spiro atoms. The molecule has 0 saturated carbocycles. The van der Waals surface area contributed by atoms with Crippen molar-refractivity contribution in [1.82, 2.24) is 4.90 Å². The van der Waals surface area contributed by atoms with Crippen molar-refractivity contribution in [2.45, 2.75) is 26.3 Å². The summed E-state index contributed by atoms with van der Waals surface area (Å²) in [6.07, 6.45) is 1.00. The van der Waals surface area contributed by atoms with Crippen LogP contribution in [0.15, 0.2) is 66.7 Å². The fourth-order valence-corrected chi connectivity index (χ4v) is 4.07. The molecule has 3 aromatic carbocycles. The third-order valence-corrected chi connectivity index (χ3v) is 5.84. The van der Waals surface area contributed by atoms with E-state index in [1.165, 1.54) is 12.1 Å². The fourth-order valence-electron chi connectivity index (χ4n) is 4.07. The van der Waals surface area contributed by atoms with E-state index < -0.39 is 0 Å². The molecule has 0 aromatic heterocycles. The Morgan fingerprint density at radius 1 is 1.00 bits per heavy atom. The van der Waals surface area contributed by atoms with Gasteiger partial charge in [0, 0.05) is 19.6 Å². The van der Waals surface area contributed by atoms with Gasteiger partial charge in [0.25, 0.3) is 0 Å². The van der Waals surface area contributed by atoms with Crippen LogP contribution < -0.4 is 15.0 Å². The summed E-state index contributed by atoms with van der Waals surface area (Å²) < 4.78 is 18.4. The van der Waals surface area contributed by atoms with Gasteiger partial charge in [-0.15, -0.1) is 0 Å². The molecule has 6 nitrogen and oxygen atoms in total. The molecule has 0 unspecified atom stereocenters. The van der Waals surface area contributed by atoms with Crippen molar-refractivity contribution < 1.29 is 18.7 Å². The number of hydrogen-bond donors (Lipinski definition) is 1. The molecule has 0 aliphatic carbocycles. The molecule has 1 aliphatic heterocycles. The second-order valence-electron chi connectivity index (χ2n) is 8.43. The third kappa shape index (κ3) is 5.54. The van der Waals surface area contributed by atoms with E-state index in [9.17, 15) is 14.0 Å². The van der Waals surface area contributed by atoms with Crippen molar-refractivity contribution in [3.8, 4) is 5.75 Å². The van der Waals surface area contributed by atoms with Gasteiger partial charge in [-0.25, -0.2) is 9.18 Å². The highest BCUT2D eigenvalue weighted by Gasteiger charge is 2.28. The molecule has 1 N–H and O–H groups in total. The Bertz CT molecular complexity index is 1160. The van der Waals surface area contributed by atoms with Crippen LogP contribution >= 0.6 is 0 Å². The van der Waals surface area contributed by atoms with Gasteiger partial charge in [0.15, 0.2) is 0 Å². The normalized spacial score (nSPS) is 13.7. The van der Waals surface area contributed by atoms with Gasteiger partial charge in [-0.1, -0.05) is 30.3 Å². The molecule has 1 aliphatic rings. The summed E-state index contributed by atoms with van der Waals surface area (Å²) in [5.41, 5.74) is 4.00. The Morgan fingerprint density at radius 3 is 2.41 bits per heavy atom. The van der Waals surface area contributed by atoms with Crippen molar-refractivity contribution in [3.63, 3.8) is 0 Å². The number of carbonyl (C=O) groups excluding carboxylic acids is 2. The van der Waals surface area contributed by atoms with E-state index in [2.05, 4.69) is 5.32 Å². The maximum absolute atomic E-state index is 13.3. The van der Waals surface area contributed by atoms with E-state index in [0.29, 0.717) is 31.0 Å². The van der Waals surface area contributed by atoms with Crippen molar-refractivity contribution in [2.24, 2.45) is 0 Å². The average Bonchev–Trinajstić information content (AvgIpc) is 2.83. The minimum absolute atomic E-state index is 0.134. The van der Waals surface area contributed by atoms with E-state index in [1.807, 2.05) is 49.4 Å². The van der Waals surface area contributed by atoms with Crippen molar-refractivity contribution in [1.29, 1.82) is 0 Å². The first kappa shape index (κ1) is 23.3. The van der Waals surface area contributed by atoms with Gasteiger partial charge >= 0.3 is 6.03 Å². The van der Waals surface area contributed by atoms with Crippen molar-refractivity contribution in [3.05, 3.63) is 89.2 Å². The average molecular weight is 462 g/mol. The Hall–Kier alpha value is -3.87. The fraction of sp³-hybridized carbons (Fsp3) is 0.259. The number of amides is 3. The molecular formula is C27H28FN3O3. The molecule has 0 bridgehead atoms. The number of urea groups is 1. The quantitative estimate of drug-likeness (QED) is 0.529. The van der Waals surface area contributed by atoms with E-state index in [4.69, 9.17) is 4.74 Å². The van der Waals surface area contributed by atoms with Gasteiger partial charge < -0.3 is 15.0 Å². The smallest absolute Gasteiger partial charge is 0.324 e. The number of hydrogen-bond acceptors (Lipinski definition) is 3. The SMILES string of the molecule is COc1ccc(CC(=O)Nc2cc(C)ccc2N2CCCN(Cc3ccc(F)cc3)C2=O)cc1. The molecule has 3 aromatic rings. The summed E-state index contributed by atoms with van der Waals surface area (Å²) in [7, 11) is 1.60. The Labute approximate surface area is 198 Å². The van der Waals surface area contributed by atoms with Crippen LogP contribution in [0.5, 0.6) is 5.75 Å². The number of carbonyl (C=O) groups is 2. The summed E-state index contributed by atoms with van der Waals surface area (Å²) in [6, 6.07) is 19.1. The molecule has 0 atom stereocenters. The first-order chi connectivity index (χ1) is 16.4. The van der Waals surface area contributed by atoms with Crippen LogP contribution in [0.3, 0.4) is 0 Å². The predicted octanol–water partition coefficient (Wildman–Crippen LogP) is 5.16. The Kier molecular flexibility index (Phi) is 7.11. The molecule has 1 saturated heterocycles. The maximum Gasteiger partial charge on any atom is 0.324 e. The first-order valence-corrected chi connectivity index (χ1v) is 11.3. The Balaban J connectivity index is 1.50. The van der Waals surface area contributed by atoms with Gasteiger partial charge in [-0.05, 0) is 66.4 Å². The van der Waals surface area contributed by atoms with Crippen LogP contribution in [0.25, 0.3) is 0 Å². The second-order valence-corrected chi connectivity index (χ2v) is 8.43. The summed E-state index contributed by atoms with van der Waals surface area (Å²) >= 11 is 0. The number of methoxy groups -OCH3 is 1. The zero-order chi connectivity index (χ0) is 24.1. The van der Waals surface area contributed by atoms with Gasteiger partial charge in [0.05, 0.1) is 24.9 Å². The zero-order valence-electron chi connectivity index (χ0n) is 19.4. The molecule has 4 rings (SSSR count). The summed E-state index contributed by atoms with van der Waals surface area (Å²) in [6.45, 7) is 3.53. The lowest BCUT2D eigenvalue weighted by Gasteiger charge is -2.36. The van der Waals surface area contributed by atoms with Crippen LogP contribution in [0, 0.1) is 12.7 Å². The minimum Gasteiger partial charge on any atom is -0.497 e. The molecule has 34 heavy (non-hydrogen) atoms. The van der Waals surface area contributed by atoms with Crippen LogP contribution in [-0.4, -0.2) is 37.0 Å². The molecule has 1 fully saturated rings. The highest BCUT2D eigenvalue weighted by Crippen LogP contribution is 2.30. The van der Waals surface area contributed by atoms with Crippen LogP contribution in [0.2, 0.25) is 0 Å². The molecule has 7 heteroatoms. The first-order valence-electron chi connectivity index (χ1n) is 11.3. The second kappa shape index (κ2) is 10.4. The standard InChI is InChI=1S/C27H28FN3O3/c1-19-4-13-25(24(16-19)29-26(32)17-20-7-11-23(34-2)12-8-20)31-15-3-14-30(27(31)33)18-21-5-9-22(28)10-6-21/h4-13,16H,3,14-15,17-18H2,1-2H3,(H,29,32).